The minimum Gasteiger partial charge on any atom is -0.0616 e. The normalized spacial score (nSPS) is 11.7. The van der Waals surface area contributed by atoms with Crippen molar-refractivity contribution in [3.63, 3.8) is 0 Å². The minimum atomic E-state index is 1.23. The molecule has 7 aromatic rings. The molecule has 1 aliphatic carbocycles. The van der Waals surface area contributed by atoms with Crippen LogP contribution in [0.5, 0.6) is 0 Å². The molecule has 0 N–H and O–H groups in total. The van der Waals surface area contributed by atoms with Crippen molar-refractivity contribution in [1.29, 1.82) is 0 Å². The zero-order valence-electron chi connectivity index (χ0n) is 20.9. The summed E-state index contributed by atoms with van der Waals surface area (Å²) in [4.78, 5) is 0. The van der Waals surface area contributed by atoms with Crippen LogP contribution >= 0.6 is 0 Å². The van der Waals surface area contributed by atoms with Crippen molar-refractivity contribution in [3.05, 3.63) is 146 Å². The van der Waals surface area contributed by atoms with Gasteiger partial charge in [0, 0.05) is 0 Å². The van der Waals surface area contributed by atoms with Gasteiger partial charge in [-0.2, -0.15) is 0 Å². The van der Waals surface area contributed by atoms with Crippen LogP contribution in [-0.4, -0.2) is 0 Å². The van der Waals surface area contributed by atoms with E-state index in [4.69, 9.17) is 0 Å². The summed E-state index contributed by atoms with van der Waals surface area (Å²) in [5.41, 5.74) is 12.9. The van der Waals surface area contributed by atoms with E-state index in [-0.39, 0.29) is 0 Å². The first kappa shape index (κ1) is 21.2. The van der Waals surface area contributed by atoms with E-state index in [1.807, 2.05) is 0 Å². The summed E-state index contributed by atoms with van der Waals surface area (Å²) in [5.74, 6) is 0. The topological polar surface area (TPSA) is 0 Å². The summed E-state index contributed by atoms with van der Waals surface area (Å²) < 4.78 is 0. The molecule has 0 heteroatoms. The Labute approximate surface area is 222 Å². The third-order valence-electron chi connectivity index (χ3n) is 8.00. The van der Waals surface area contributed by atoms with Crippen LogP contribution in [0.2, 0.25) is 0 Å². The third-order valence-corrected chi connectivity index (χ3v) is 8.00. The Balaban J connectivity index is 1.21. The molecule has 0 amide bonds. The van der Waals surface area contributed by atoms with Gasteiger partial charge >= 0.3 is 0 Å². The summed E-state index contributed by atoms with van der Waals surface area (Å²) in [6, 6.07) is 53.3. The largest absolute Gasteiger partial charge is 0.0616 e. The number of hydrogen-bond donors (Lipinski definition) is 0. The first-order chi connectivity index (χ1) is 18.8. The van der Waals surface area contributed by atoms with Crippen LogP contribution in [0.1, 0.15) is 0 Å². The highest BCUT2D eigenvalue weighted by Gasteiger charge is 2.21. The van der Waals surface area contributed by atoms with Gasteiger partial charge < -0.3 is 0 Å². The summed E-state index contributed by atoms with van der Waals surface area (Å²) in [5, 5.41) is 5.21. The number of rotatable bonds is 3. The van der Waals surface area contributed by atoms with Crippen LogP contribution in [0, 0.1) is 0 Å². The lowest BCUT2D eigenvalue weighted by molar-refractivity contribution is 1.58. The van der Waals surface area contributed by atoms with Crippen molar-refractivity contribution in [1.82, 2.24) is 0 Å². The van der Waals surface area contributed by atoms with Gasteiger partial charge in [0.05, 0.1) is 0 Å². The van der Waals surface area contributed by atoms with Gasteiger partial charge in [-0.25, -0.2) is 0 Å². The predicted octanol–water partition coefficient (Wildman–Crippen LogP) is 10.6. The molecular formula is C38H24. The van der Waals surface area contributed by atoms with Crippen molar-refractivity contribution < 1.29 is 0 Å². The molecule has 7 aromatic carbocycles. The van der Waals surface area contributed by atoms with Crippen LogP contribution in [0.3, 0.4) is 0 Å². The molecule has 0 fully saturated rings. The Hall–Kier alpha value is -4.94. The second-order valence-corrected chi connectivity index (χ2v) is 10.2. The molecule has 0 heterocycles. The number of benzene rings is 7. The highest BCUT2D eigenvalue weighted by molar-refractivity contribution is 6.16. The van der Waals surface area contributed by atoms with E-state index in [0.717, 1.165) is 0 Å². The second kappa shape index (κ2) is 8.30. The Morgan fingerprint density at radius 1 is 0.237 bits per heavy atom. The molecule has 176 valence electrons. The fraction of sp³-hybridized carbons (Fsp3) is 0. The Kier molecular flexibility index (Phi) is 4.62. The van der Waals surface area contributed by atoms with Gasteiger partial charge in [0.2, 0.25) is 0 Å². The maximum atomic E-state index is 2.37. The molecule has 0 radical (unpaired) electrons. The van der Waals surface area contributed by atoms with E-state index < -0.39 is 0 Å². The van der Waals surface area contributed by atoms with Crippen molar-refractivity contribution >= 4 is 21.5 Å². The van der Waals surface area contributed by atoms with Gasteiger partial charge in [-0.15, -0.1) is 0 Å². The molecule has 0 atom stereocenters. The lowest BCUT2D eigenvalue weighted by atomic mass is 9.91. The Bertz CT molecular complexity index is 2010. The van der Waals surface area contributed by atoms with Crippen LogP contribution < -0.4 is 0 Å². The second-order valence-electron chi connectivity index (χ2n) is 10.2. The average Bonchev–Trinajstić information content (AvgIpc) is 3.32. The van der Waals surface area contributed by atoms with Crippen molar-refractivity contribution in [2.45, 2.75) is 0 Å². The molecule has 38 heavy (non-hydrogen) atoms. The van der Waals surface area contributed by atoms with Gasteiger partial charge in [0.1, 0.15) is 0 Å². The van der Waals surface area contributed by atoms with Crippen LogP contribution in [0.15, 0.2) is 146 Å². The van der Waals surface area contributed by atoms with E-state index in [9.17, 15) is 0 Å². The first-order valence-electron chi connectivity index (χ1n) is 13.2. The molecule has 0 spiro atoms. The first-order valence-corrected chi connectivity index (χ1v) is 13.2. The Morgan fingerprint density at radius 2 is 0.763 bits per heavy atom. The van der Waals surface area contributed by atoms with E-state index >= 15 is 0 Å². The third kappa shape index (κ3) is 3.24. The highest BCUT2D eigenvalue weighted by Crippen LogP contribution is 2.48. The monoisotopic (exact) mass is 480 g/mol. The molecular weight excluding hydrogens is 456 g/mol. The van der Waals surface area contributed by atoms with Gasteiger partial charge in [0.15, 0.2) is 0 Å². The van der Waals surface area contributed by atoms with E-state index in [2.05, 4.69) is 146 Å². The smallest absolute Gasteiger partial charge is 0.00259 e. The maximum absolute atomic E-state index is 2.37. The van der Waals surface area contributed by atoms with Gasteiger partial charge in [-0.3, -0.25) is 0 Å². The Morgan fingerprint density at radius 3 is 1.55 bits per heavy atom. The lowest BCUT2D eigenvalue weighted by Gasteiger charge is -2.13. The van der Waals surface area contributed by atoms with Crippen LogP contribution in [-0.2, 0) is 0 Å². The molecule has 0 saturated heterocycles. The lowest BCUT2D eigenvalue weighted by Crippen LogP contribution is -1.87. The van der Waals surface area contributed by atoms with Gasteiger partial charge in [0.25, 0.3) is 0 Å². The van der Waals surface area contributed by atoms with E-state index in [1.165, 1.54) is 77.2 Å². The molecule has 8 rings (SSSR count). The summed E-state index contributed by atoms with van der Waals surface area (Å²) in [6.07, 6.45) is 0. The fourth-order valence-corrected chi connectivity index (χ4v) is 6.17. The molecule has 0 nitrogen and oxygen atoms in total. The summed E-state index contributed by atoms with van der Waals surface area (Å²) in [7, 11) is 0. The van der Waals surface area contributed by atoms with E-state index in [1.54, 1.807) is 0 Å². The fourth-order valence-electron chi connectivity index (χ4n) is 6.17. The number of hydrogen-bond acceptors (Lipinski definition) is 0. The SMILES string of the molecule is c1ccc(-c2ccc3ccccc3c2)c(-c2ccc(-c3cc4c5c(cccc5c3)-c3ccccc3-4)cc2)c1. The highest BCUT2D eigenvalue weighted by atomic mass is 14.2. The standard InChI is InChI=1S/C38H24/c1-2-9-28-22-29(21-18-25(28)8-1)33-12-4-3-11-32(33)27-19-16-26(17-20-27)31-23-30-10-7-15-36-34-13-5-6-14-35(34)37(24-31)38(30)36/h1-24H. The van der Waals surface area contributed by atoms with Crippen LogP contribution in [0.25, 0.3) is 77.2 Å². The zero-order valence-corrected chi connectivity index (χ0v) is 20.9. The zero-order chi connectivity index (χ0) is 25.1. The molecule has 0 saturated carbocycles. The molecule has 0 aromatic heterocycles. The molecule has 0 bridgehead atoms. The van der Waals surface area contributed by atoms with Crippen LogP contribution in [0.4, 0.5) is 0 Å². The van der Waals surface area contributed by atoms with Gasteiger partial charge in [-0.05, 0) is 95.4 Å². The molecule has 1 aliphatic rings. The molecule has 0 aliphatic heterocycles. The summed E-state index contributed by atoms with van der Waals surface area (Å²) >= 11 is 0. The van der Waals surface area contributed by atoms with E-state index in [0.29, 0.717) is 0 Å². The van der Waals surface area contributed by atoms with Crippen molar-refractivity contribution in [2.24, 2.45) is 0 Å². The van der Waals surface area contributed by atoms with Crippen molar-refractivity contribution in [2.75, 3.05) is 0 Å². The quantitative estimate of drug-likeness (QED) is 0.236. The summed E-state index contributed by atoms with van der Waals surface area (Å²) in [6.45, 7) is 0. The molecule has 0 unspecified atom stereocenters. The van der Waals surface area contributed by atoms with Gasteiger partial charge in [-0.1, -0.05) is 127 Å². The maximum Gasteiger partial charge on any atom is -0.00259 e. The number of fused-ring (bicyclic) bond motifs is 4. The van der Waals surface area contributed by atoms with Crippen molar-refractivity contribution in [3.8, 4) is 55.6 Å². The minimum absolute atomic E-state index is 1.23. The average molecular weight is 481 g/mol. The predicted molar refractivity (Wildman–Crippen MR) is 162 cm³/mol.